The van der Waals surface area contributed by atoms with Crippen LogP contribution in [0, 0.1) is 0 Å². The first kappa shape index (κ1) is 9.78. The minimum absolute atomic E-state index is 0.182. The molecule has 0 aliphatic carbocycles. The average Bonchev–Trinajstić information content (AvgIpc) is 2.40. The summed E-state index contributed by atoms with van der Waals surface area (Å²) in [7, 11) is 0. The lowest BCUT2D eigenvalue weighted by molar-refractivity contribution is 0.480. The van der Waals surface area contributed by atoms with Gasteiger partial charge in [0, 0.05) is 10.9 Å². The SMILES string of the molecule is Oc1cccc2c(-c3ccccc3)ncnc12. The monoisotopic (exact) mass is 222 g/mol. The molecule has 3 nitrogen and oxygen atoms in total. The van der Waals surface area contributed by atoms with E-state index >= 15 is 0 Å². The van der Waals surface area contributed by atoms with Crippen LogP contribution in [0.15, 0.2) is 54.9 Å². The number of rotatable bonds is 1. The van der Waals surface area contributed by atoms with Crippen molar-refractivity contribution in [1.29, 1.82) is 0 Å². The Kier molecular flexibility index (Phi) is 2.22. The molecule has 3 heteroatoms. The highest BCUT2D eigenvalue weighted by Crippen LogP contribution is 2.29. The summed E-state index contributed by atoms with van der Waals surface area (Å²) in [5.74, 6) is 0.182. The molecule has 0 aliphatic heterocycles. The molecule has 82 valence electrons. The number of aromatic nitrogens is 2. The minimum atomic E-state index is 0.182. The topological polar surface area (TPSA) is 46.0 Å². The van der Waals surface area contributed by atoms with Gasteiger partial charge in [-0.2, -0.15) is 0 Å². The molecular formula is C14H10N2O. The predicted molar refractivity (Wildman–Crippen MR) is 66.6 cm³/mol. The third kappa shape index (κ3) is 1.61. The van der Waals surface area contributed by atoms with Crippen LogP contribution in [0.25, 0.3) is 22.2 Å². The van der Waals surface area contributed by atoms with Gasteiger partial charge in [-0.25, -0.2) is 9.97 Å². The highest BCUT2D eigenvalue weighted by molar-refractivity contribution is 5.94. The summed E-state index contributed by atoms with van der Waals surface area (Å²) >= 11 is 0. The quantitative estimate of drug-likeness (QED) is 0.688. The fourth-order valence-electron chi connectivity index (χ4n) is 1.90. The standard InChI is InChI=1S/C14H10N2O/c17-12-8-4-7-11-13(15-9-16-14(11)12)10-5-2-1-3-6-10/h1-9,17H. The largest absolute Gasteiger partial charge is 0.506 e. The maximum absolute atomic E-state index is 9.75. The summed E-state index contributed by atoms with van der Waals surface area (Å²) in [4.78, 5) is 8.40. The number of para-hydroxylation sites is 1. The molecule has 1 heterocycles. The van der Waals surface area contributed by atoms with Crippen molar-refractivity contribution in [1.82, 2.24) is 9.97 Å². The Morgan fingerprint density at radius 3 is 2.47 bits per heavy atom. The Morgan fingerprint density at radius 1 is 0.824 bits per heavy atom. The van der Waals surface area contributed by atoms with Gasteiger partial charge >= 0.3 is 0 Å². The van der Waals surface area contributed by atoms with E-state index in [-0.39, 0.29) is 5.75 Å². The van der Waals surface area contributed by atoms with Crippen molar-refractivity contribution in [2.24, 2.45) is 0 Å². The summed E-state index contributed by atoms with van der Waals surface area (Å²) in [6.07, 6.45) is 1.48. The zero-order valence-corrected chi connectivity index (χ0v) is 9.04. The molecule has 2 aromatic carbocycles. The Labute approximate surface area is 98.4 Å². The van der Waals surface area contributed by atoms with Crippen LogP contribution in [0.3, 0.4) is 0 Å². The number of aromatic hydroxyl groups is 1. The van der Waals surface area contributed by atoms with Gasteiger partial charge < -0.3 is 5.11 Å². The molecule has 0 aliphatic rings. The Morgan fingerprint density at radius 2 is 1.65 bits per heavy atom. The first-order chi connectivity index (χ1) is 8.36. The van der Waals surface area contributed by atoms with Crippen LogP contribution in [0.1, 0.15) is 0 Å². The van der Waals surface area contributed by atoms with Gasteiger partial charge in [-0.05, 0) is 6.07 Å². The van der Waals surface area contributed by atoms with E-state index in [1.165, 1.54) is 6.33 Å². The predicted octanol–water partition coefficient (Wildman–Crippen LogP) is 3.00. The van der Waals surface area contributed by atoms with E-state index in [0.29, 0.717) is 5.52 Å². The van der Waals surface area contributed by atoms with E-state index in [9.17, 15) is 5.11 Å². The molecule has 3 rings (SSSR count). The maximum Gasteiger partial charge on any atom is 0.141 e. The van der Waals surface area contributed by atoms with Crippen molar-refractivity contribution in [2.45, 2.75) is 0 Å². The number of hydrogen-bond donors (Lipinski definition) is 1. The number of nitrogens with zero attached hydrogens (tertiary/aromatic N) is 2. The molecule has 0 fully saturated rings. The number of hydrogen-bond acceptors (Lipinski definition) is 3. The van der Waals surface area contributed by atoms with Gasteiger partial charge in [0.25, 0.3) is 0 Å². The van der Waals surface area contributed by atoms with Gasteiger partial charge in [0.2, 0.25) is 0 Å². The lowest BCUT2D eigenvalue weighted by Crippen LogP contribution is -1.88. The molecular weight excluding hydrogens is 212 g/mol. The Hall–Kier alpha value is -2.42. The molecule has 0 unspecified atom stereocenters. The summed E-state index contributed by atoms with van der Waals surface area (Å²) in [6, 6.07) is 15.2. The average molecular weight is 222 g/mol. The second-order valence-corrected chi connectivity index (χ2v) is 3.76. The lowest BCUT2D eigenvalue weighted by atomic mass is 10.1. The molecule has 0 radical (unpaired) electrons. The van der Waals surface area contributed by atoms with E-state index in [1.807, 2.05) is 36.4 Å². The number of fused-ring (bicyclic) bond motifs is 1. The number of phenols is 1. The molecule has 3 aromatic rings. The summed E-state index contributed by atoms with van der Waals surface area (Å²) < 4.78 is 0. The van der Waals surface area contributed by atoms with E-state index in [4.69, 9.17) is 0 Å². The van der Waals surface area contributed by atoms with Crippen LogP contribution in [0.4, 0.5) is 0 Å². The summed E-state index contributed by atoms with van der Waals surface area (Å²) in [6.45, 7) is 0. The van der Waals surface area contributed by atoms with Crippen molar-refractivity contribution >= 4 is 10.9 Å². The second kappa shape index (κ2) is 3.87. The first-order valence-electron chi connectivity index (χ1n) is 5.34. The maximum atomic E-state index is 9.75. The van der Waals surface area contributed by atoms with E-state index in [1.54, 1.807) is 12.1 Å². The van der Waals surface area contributed by atoms with Crippen molar-refractivity contribution in [2.75, 3.05) is 0 Å². The van der Waals surface area contributed by atoms with Crippen LogP contribution in [-0.2, 0) is 0 Å². The van der Waals surface area contributed by atoms with E-state index in [0.717, 1.165) is 16.6 Å². The second-order valence-electron chi connectivity index (χ2n) is 3.76. The zero-order valence-electron chi connectivity index (χ0n) is 9.04. The Bertz CT molecular complexity index is 665. The molecule has 1 aromatic heterocycles. The van der Waals surface area contributed by atoms with Gasteiger partial charge in [0.1, 0.15) is 17.6 Å². The van der Waals surface area contributed by atoms with Gasteiger partial charge in [-0.15, -0.1) is 0 Å². The molecule has 0 bridgehead atoms. The van der Waals surface area contributed by atoms with Crippen molar-refractivity contribution in [3.05, 3.63) is 54.9 Å². The van der Waals surface area contributed by atoms with Crippen molar-refractivity contribution < 1.29 is 5.11 Å². The third-order valence-corrected chi connectivity index (χ3v) is 2.69. The molecule has 0 saturated heterocycles. The van der Waals surface area contributed by atoms with Crippen molar-refractivity contribution in [3.8, 4) is 17.0 Å². The molecule has 0 saturated carbocycles. The normalized spacial score (nSPS) is 10.6. The molecule has 1 N–H and O–H groups in total. The third-order valence-electron chi connectivity index (χ3n) is 2.69. The van der Waals surface area contributed by atoms with E-state index in [2.05, 4.69) is 9.97 Å². The lowest BCUT2D eigenvalue weighted by Gasteiger charge is -2.05. The Balaban J connectivity index is 2.35. The fourth-order valence-corrected chi connectivity index (χ4v) is 1.90. The van der Waals surface area contributed by atoms with Crippen LogP contribution in [0.2, 0.25) is 0 Å². The fraction of sp³-hybridized carbons (Fsp3) is 0. The van der Waals surface area contributed by atoms with Gasteiger partial charge in [-0.3, -0.25) is 0 Å². The highest BCUT2D eigenvalue weighted by atomic mass is 16.3. The molecule has 0 amide bonds. The van der Waals surface area contributed by atoms with Gasteiger partial charge in [0.15, 0.2) is 0 Å². The van der Waals surface area contributed by atoms with Crippen LogP contribution < -0.4 is 0 Å². The minimum Gasteiger partial charge on any atom is -0.506 e. The van der Waals surface area contributed by atoms with Crippen LogP contribution in [0.5, 0.6) is 5.75 Å². The van der Waals surface area contributed by atoms with Gasteiger partial charge in [0.05, 0.1) is 5.69 Å². The van der Waals surface area contributed by atoms with E-state index < -0.39 is 0 Å². The smallest absolute Gasteiger partial charge is 0.141 e. The summed E-state index contributed by atoms with van der Waals surface area (Å²) in [5.41, 5.74) is 2.44. The molecule has 0 spiro atoms. The molecule has 0 atom stereocenters. The zero-order chi connectivity index (χ0) is 11.7. The van der Waals surface area contributed by atoms with Crippen molar-refractivity contribution in [3.63, 3.8) is 0 Å². The summed E-state index contributed by atoms with van der Waals surface area (Å²) in [5, 5.41) is 10.6. The number of phenolic OH excluding ortho intramolecular Hbond substituents is 1. The first-order valence-corrected chi connectivity index (χ1v) is 5.34. The van der Waals surface area contributed by atoms with Gasteiger partial charge in [-0.1, -0.05) is 42.5 Å². The molecule has 17 heavy (non-hydrogen) atoms. The van der Waals surface area contributed by atoms with Crippen LogP contribution >= 0.6 is 0 Å². The highest BCUT2D eigenvalue weighted by Gasteiger charge is 2.07. The number of benzene rings is 2. The van der Waals surface area contributed by atoms with Crippen LogP contribution in [-0.4, -0.2) is 15.1 Å².